The van der Waals surface area contributed by atoms with Crippen LogP contribution in [-0.2, 0) is 19.6 Å². The molecule has 0 saturated carbocycles. The van der Waals surface area contributed by atoms with Crippen LogP contribution in [0, 0.1) is 0 Å². The van der Waals surface area contributed by atoms with Gasteiger partial charge in [0.1, 0.15) is 0 Å². The molecule has 5 nitrogen and oxygen atoms in total. The Morgan fingerprint density at radius 1 is 1.00 bits per heavy atom. The third-order valence-corrected chi connectivity index (χ3v) is 5.07. The summed E-state index contributed by atoms with van der Waals surface area (Å²) in [4.78, 5) is 11.9. The number of rotatable bonds is 4. The van der Waals surface area contributed by atoms with Crippen LogP contribution >= 0.6 is 0 Å². The summed E-state index contributed by atoms with van der Waals surface area (Å²) in [7, 11) is -3.84. The van der Waals surface area contributed by atoms with Crippen molar-refractivity contribution in [2.75, 3.05) is 0 Å². The Labute approximate surface area is 143 Å². The van der Waals surface area contributed by atoms with E-state index in [2.05, 4.69) is 4.72 Å². The molecule has 0 heterocycles. The molecule has 0 spiro atoms. The van der Waals surface area contributed by atoms with Crippen LogP contribution in [0.15, 0.2) is 58.5 Å². The lowest BCUT2D eigenvalue weighted by molar-refractivity contribution is -0.114. The molecular formula is C18H23NO4S. The highest BCUT2D eigenvalue weighted by Gasteiger charge is 2.44. The van der Waals surface area contributed by atoms with Crippen LogP contribution in [0.3, 0.4) is 0 Å². The molecule has 0 saturated heterocycles. The highest BCUT2D eigenvalue weighted by atomic mass is 32.2. The Morgan fingerprint density at radius 3 is 1.96 bits per heavy atom. The van der Waals surface area contributed by atoms with Gasteiger partial charge in [-0.1, -0.05) is 18.2 Å². The minimum atomic E-state index is -3.84. The first-order chi connectivity index (χ1) is 11.0. The number of hydrogen-bond donors (Lipinski definition) is 1. The van der Waals surface area contributed by atoms with E-state index in [1.807, 2.05) is 20.8 Å². The van der Waals surface area contributed by atoms with E-state index in [9.17, 15) is 13.2 Å². The number of ketones is 1. The van der Waals surface area contributed by atoms with Crippen LogP contribution in [-0.4, -0.2) is 25.5 Å². The second-order valence-electron chi connectivity index (χ2n) is 6.87. The largest absolute Gasteiger partial charge is 0.346 e. The van der Waals surface area contributed by atoms with E-state index in [0.29, 0.717) is 11.1 Å². The highest BCUT2D eigenvalue weighted by Crippen LogP contribution is 2.35. The summed E-state index contributed by atoms with van der Waals surface area (Å²) in [6.45, 7) is 8.88. The molecule has 0 fully saturated rings. The number of benzene rings is 1. The van der Waals surface area contributed by atoms with Gasteiger partial charge >= 0.3 is 0 Å². The van der Waals surface area contributed by atoms with Crippen LogP contribution in [0.5, 0.6) is 0 Å². The van der Waals surface area contributed by atoms with Gasteiger partial charge in [-0.25, -0.2) is 8.42 Å². The summed E-state index contributed by atoms with van der Waals surface area (Å²) in [6.07, 6.45) is 2.79. The highest BCUT2D eigenvalue weighted by molar-refractivity contribution is 7.89. The number of allylic oxidation sites excluding steroid dienone is 2. The Bertz CT molecular complexity index is 777. The second-order valence-corrected chi connectivity index (χ2v) is 8.55. The molecule has 0 bridgehead atoms. The molecular weight excluding hydrogens is 326 g/mol. The Hall–Kier alpha value is -1.76. The third kappa shape index (κ3) is 3.83. The average Bonchev–Trinajstić information content (AvgIpc) is 2.44. The molecule has 1 aliphatic carbocycles. The van der Waals surface area contributed by atoms with Crippen molar-refractivity contribution in [3.05, 3.63) is 53.6 Å². The van der Waals surface area contributed by atoms with Gasteiger partial charge in [-0.3, -0.25) is 4.79 Å². The lowest BCUT2D eigenvalue weighted by Gasteiger charge is -2.42. The van der Waals surface area contributed by atoms with Crippen molar-refractivity contribution in [3.8, 4) is 0 Å². The van der Waals surface area contributed by atoms with Crippen LogP contribution in [0.25, 0.3) is 0 Å². The second kappa shape index (κ2) is 6.27. The Morgan fingerprint density at radius 2 is 1.50 bits per heavy atom. The molecule has 0 radical (unpaired) electrons. The molecule has 1 aromatic carbocycles. The maximum atomic E-state index is 12.8. The molecule has 130 valence electrons. The third-order valence-electron chi connectivity index (χ3n) is 3.62. The molecule has 0 aliphatic heterocycles. The number of carbonyl (C=O) groups excluding carboxylic acids is 1. The molecule has 24 heavy (non-hydrogen) atoms. The van der Waals surface area contributed by atoms with Gasteiger partial charge in [0, 0.05) is 0 Å². The van der Waals surface area contributed by atoms with E-state index in [1.54, 1.807) is 32.0 Å². The van der Waals surface area contributed by atoms with Gasteiger partial charge in [-0.2, -0.15) is 4.72 Å². The Kier molecular flexibility index (Phi) is 4.86. The fraction of sp³-hybridized carbons (Fsp3) is 0.389. The molecule has 6 heteroatoms. The van der Waals surface area contributed by atoms with Gasteiger partial charge < -0.3 is 4.74 Å². The van der Waals surface area contributed by atoms with Crippen molar-refractivity contribution in [2.24, 2.45) is 0 Å². The Balaban J connectivity index is 2.55. The summed E-state index contributed by atoms with van der Waals surface area (Å²) < 4.78 is 34.4. The molecule has 1 aromatic rings. The molecule has 2 rings (SSSR count). The van der Waals surface area contributed by atoms with Crippen molar-refractivity contribution in [1.82, 2.24) is 4.72 Å². The monoisotopic (exact) mass is 349 g/mol. The summed E-state index contributed by atoms with van der Waals surface area (Å²) in [6, 6.07) is 8.08. The maximum absolute atomic E-state index is 12.8. The van der Waals surface area contributed by atoms with Crippen molar-refractivity contribution in [2.45, 2.75) is 50.8 Å². The van der Waals surface area contributed by atoms with Crippen LogP contribution < -0.4 is 4.72 Å². The summed E-state index contributed by atoms with van der Waals surface area (Å²) >= 11 is 0. The predicted molar refractivity (Wildman–Crippen MR) is 92.9 cm³/mol. The smallest absolute Gasteiger partial charge is 0.243 e. The molecule has 0 atom stereocenters. The van der Waals surface area contributed by atoms with Crippen molar-refractivity contribution in [3.63, 3.8) is 0 Å². The summed E-state index contributed by atoms with van der Waals surface area (Å²) in [5.74, 6) is -0.183. The molecule has 1 N–H and O–H groups in total. The van der Waals surface area contributed by atoms with Gasteiger partial charge in [0.15, 0.2) is 11.5 Å². The first kappa shape index (κ1) is 18.6. The van der Waals surface area contributed by atoms with Gasteiger partial charge in [0.2, 0.25) is 10.0 Å². The van der Waals surface area contributed by atoms with Gasteiger partial charge in [-0.05, 0) is 70.0 Å². The average molecular weight is 349 g/mol. The predicted octanol–water partition coefficient (Wildman–Crippen LogP) is 2.95. The topological polar surface area (TPSA) is 72.5 Å². The maximum Gasteiger partial charge on any atom is 0.243 e. The van der Waals surface area contributed by atoms with Gasteiger partial charge in [0.05, 0.1) is 10.5 Å². The summed E-state index contributed by atoms with van der Waals surface area (Å²) in [5, 5.41) is 0. The van der Waals surface area contributed by atoms with E-state index in [-0.39, 0.29) is 10.7 Å². The van der Waals surface area contributed by atoms with Crippen molar-refractivity contribution < 1.29 is 17.9 Å². The normalized spacial score (nSPS) is 18.1. The zero-order valence-electron chi connectivity index (χ0n) is 14.6. The van der Waals surface area contributed by atoms with Gasteiger partial charge in [0.25, 0.3) is 0 Å². The number of carbonyl (C=O) groups is 1. The molecule has 0 unspecified atom stereocenters. The molecule has 0 aromatic heterocycles. The fourth-order valence-corrected chi connectivity index (χ4v) is 4.01. The standard InChI is InChI=1S/C18H23NO4S/c1-13-11-15(20)12-14(2)18(13,23-17(3,4)5)19-24(21,22)16-9-7-6-8-10-16/h6-12,19H,1-5H3. The summed E-state index contributed by atoms with van der Waals surface area (Å²) in [5.41, 5.74) is -1.02. The lowest BCUT2D eigenvalue weighted by Crippen LogP contribution is -2.56. The zero-order valence-corrected chi connectivity index (χ0v) is 15.4. The minimum absolute atomic E-state index is 0.138. The van der Waals surface area contributed by atoms with Crippen molar-refractivity contribution in [1.29, 1.82) is 0 Å². The number of sulfonamides is 1. The van der Waals surface area contributed by atoms with Crippen LogP contribution in [0.1, 0.15) is 34.6 Å². The van der Waals surface area contributed by atoms with E-state index in [1.165, 1.54) is 24.3 Å². The first-order valence-corrected chi connectivity index (χ1v) is 9.15. The van der Waals surface area contributed by atoms with E-state index < -0.39 is 21.3 Å². The SMILES string of the molecule is CC1=CC(=O)C=C(C)C1(NS(=O)(=O)c1ccccc1)OC(C)(C)C. The number of nitrogens with one attached hydrogen (secondary N) is 1. The van der Waals surface area contributed by atoms with Crippen molar-refractivity contribution >= 4 is 15.8 Å². The quantitative estimate of drug-likeness (QED) is 0.848. The van der Waals surface area contributed by atoms with E-state index in [0.717, 1.165) is 0 Å². The van der Waals surface area contributed by atoms with Gasteiger partial charge in [-0.15, -0.1) is 0 Å². The minimum Gasteiger partial charge on any atom is -0.346 e. The molecule has 0 amide bonds. The van der Waals surface area contributed by atoms with Crippen LogP contribution in [0.2, 0.25) is 0 Å². The number of ether oxygens (including phenoxy) is 1. The molecule has 1 aliphatic rings. The lowest BCUT2D eigenvalue weighted by atomic mass is 9.89. The van der Waals surface area contributed by atoms with E-state index in [4.69, 9.17) is 4.74 Å². The first-order valence-electron chi connectivity index (χ1n) is 7.67. The van der Waals surface area contributed by atoms with E-state index >= 15 is 0 Å². The number of hydrogen-bond acceptors (Lipinski definition) is 4. The fourth-order valence-electron chi connectivity index (χ4n) is 2.63. The van der Waals surface area contributed by atoms with Crippen LogP contribution in [0.4, 0.5) is 0 Å². The zero-order chi connectivity index (χ0) is 18.2.